The number of nitriles is 1. The Balaban J connectivity index is 2.55. The van der Waals surface area contributed by atoms with E-state index < -0.39 is 11.4 Å². The van der Waals surface area contributed by atoms with Crippen molar-refractivity contribution in [3.8, 4) is 6.07 Å². The van der Waals surface area contributed by atoms with E-state index in [0.29, 0.717) is 31.7 Å². The first-order valence-corrected chi connectivity index (χ1v) is 7.17. The molecule has 0 aromatic rings. The van der Waals surface area contributed by atoms with Gasteiger partial charge in [-0.05, 0) is 12.8 Å². The molecule has 1 unspecified atom stereocenters. The van der Waals surface area contributed by atoms with Crippen molar-refractivity contribution in [3.05, 3.63) is 0 Å². The minimum absolute atomic E-state index is 0.0607. The number of thioether (sulfide) groups is 1. The second-order valence-electron chi connectivity index (χ2n) is 4.55. The van der Waals surface area contributed by atoms with E-state index in [2.05, 4.69) is 0 Å². The van der Waals surface area contributed by atoms with E-state index in [4.69, 9.17) is 5.26 Å². The van der Waals surface area contributed by atoms with Gasteiger partial charge in [-0.1, -0.05) is 13.3 Å². The summed E-state index contributed by atoms with van der Waals surface area (Å²) in [6.45, 7) is 2.78. The fourth-order valence-electron chi connectivity index (χ4n) is 2.32. The molecule has 1 rings (SSSR count). The number of aliphatic carboxylic acids is 1. The SMILES string of the molecule is CCCC1(C(=O)O)CCN(C(=O)CSCC#N)C1. The van der Waals surface area contributed by atoms with Crippen LogP contribution in [0.15, 0.2) is 0 Å². The van der Waals surface area contributed by atoms with Gasteiger partial charge in [-0.2, -0.15) is 5.26 Å². The van der Waals surface area contributed by atoms with Gasteiger partial charge in [0.2, 0.25) is 5.91 Å². The molecule has 0 bridgehead atoms. The number of hydrogen-bond acceptors (Lipinski definition) is 4. The maximum absolute atomic E-state index is 11.8. The Morgan fingerprint density at radius 2 is 2.28 bits per heavy atom. The second kappa shape index (κ2) is 6.64. The standard InChI is InChI=1S/C12H18N2O3S/c1-2-3-12(11(16)17)4-6-14(9-12)10(15)8-18-7-5-13/h2-4,6-9H2,1H3,(H,16,17). The summed E-state index contributed by atoms with van der Waals surface area (Å²) in [5.74, 6) is -0.313. The molecule has 0 aliphatic carbocycles. The predicted molar refractivity (Wildman–Crippen MR) is 69.1 cm³/mol. The Morgan fingerprint density at radius 3 is 2.83 bits per heavy atom. The molecule has 6 heteroatoms. The molecule has 1 aliphatic heterocycles. The largest absolute Gasteiger partial charge is 0.481 e. The minimum Gasteiger partial charge on any atom is -0.481 e. The molecule has 0 aromatic heterocycles. The lowest BCUT2D eigenvalue weighted by molar-refractivity contribution is -0.148. The van der Waals surface area contributed by atoms with Crippen LogP contribution in [-0.2, 0) is 9.59 Å². The Bertz CT molecular complexity index is 367. The van der Waals surface area contributed by atoms with Crippen molar-refractivity contribution in [2.75, 3.05) is 24.6 Å². The molecule has 1 heterocycles. The fraction of sp³-hybridized carbons (Fsp3) is 0.750. The highest BCUT2D eigenvalue weighted by atomic mass is 32.2. The maximum atomic E-state index is 11.8. The van der Waals surface area contributed by atoms with Crippen LogP contribution < -0.4 is 0 Å². The summed E-state index contributed by atoms with van der Waals surface area (Å²) < 4.78 is 0. The molecular formula is C12H18N2O3S. The normalized spacial score (nSPS) is 22.8. The third-order valence-electron chi connectivity index (χ3n) is 3.28. The van der Waals surface area contributed by atoms with E-state index in [1.807, 2.05) is 13.0 Å². The van der Waals surface area contributed by atoms with E-state index in [1.165, 1.54) is 11.8 Å². The van der Waals surface area contributed by atoms with Gasteiger partial charge >= 0.3 is 5.97 Å². The van der Waals surface area contributed by atoms with Gasteiger partial charge in [0.1, 0.15) is 0 Å². The highest BCUT2D eigenvalue weighted by Gasteiger charge is 2.45. The first-order chi connectivity index (χ1) is 8.55. The Labute approximate surface area is 111 Å². The minimum atomic E-state index is -0.802. The molecule has 0 aromatic carbocycles. The number of carboxylic acids is 1. The summed E-state index contributed by atoms with van der Waals surface area (Å²) >= 11 is 1.27. The molecule has 1 saturated heterocycles. The van der Waals surface area contributed by atoms with Crippen LogP contribution in [0.4, 0.5) is 0 Å². The van der Waals surface area contributed by atoms with E-state index in [0.717, 1.165) is 6.42 Å². The smallest absolute Gasteiger partial charge is 0.311 e. The Hall–Kier alpha value is -1.22. The van der Waals surface area contributed by atoms with Gasteiger partial charge in [-0.3, -0.25) is 9.59 Å². The van der Waals surface area contributed by atoms with Crippen LogP contribution in [0.2, 0.25) is 0 Å². The van der Waals surface area contributed by atoms with Gasteiger partial charge in [-0.25, -0.2) is 0 Å². The van der Waals surface area contributed by atoms with Gasteiger partial charge in [-0.15, -0.1) is 11.8 Å². The molecule has 1 amide bonds. The average Bonchev–Trinajstić information content (AvgIpc) is 2.75. The van der Waals surface area contributed by atoms with Crippen LogP contribution in [0.5, 0.6) is 0 Å². The van der Waals surface area contributed by atoms with Gasteiger partial charge < -0.3 is 10.0 Å². The van der Waals surface area contributed by atoms with Crippen molar-refractivity contribution >= 4 is 23.6 Å². The zero-order valence-corrected chi connectivity index (χ0v) is 11.3. The average molecular weight is 270 g/mol. The quantitative estimate of drug-likeness (QED) is 0.737. The first kappa shape index (κ1) is 14.8. The number of carbonyl (C=O) groups excluding carboxylic acids is 1. The number of hydrogen-bond donors (Lipinski definition) is 1. The summed E-state index contributed by atoms with van der Waals surface area (Å²) in [6, 6.07) is 1.97. The van der Waals surface area contributed by atoms with Gasteiger partial charge in [0.05, 0.1) is 23.0 Å². The van der Waals surface area contributed by atoms with E-state index in [9.17, 15) is 14.7 Å². The molecule has 0 spiro atoms. The van der Waals surface area contributed by atoms with Crippen molar-refractivity contribution in [3.63, 3.8) is 0 Å². The molecule has 1 fully saturated rings. The molecule has 0 saturated carbocycles. The van der Waals surface area contributed by atoms with Crippen LogP contribution in [0, 0.1) is 16.7 Å². The molecule has 1 aliphatic rings. The van der Waals surface area contributed by atoms with Crippen LogP contribution in [0.1, 0.15) is 26.2 Å². The van der Waals surface area contributed by atoms with Gasteiger partial charge in [0.25, 0.3) is 0 Å². The van der Waals surface area contributed by atoms with E-state index >= 15 is 0 Å². The second-order valence-corrected chi connectivity index (χ2v) is 5.54. The molecule has 1 N–H and O–H groups in total. The number of rotatable bonds is 6. The monoisotopic (exact) mass is 270 g/mol. The number of carbonyl (C=O) groups is 2. The number of likely N-dealkylation sites (tertiary alicyclic amines) is 1. The molecule has 18 heavy (non-hydrogen) atoms. The fourth-order valence-corrected chi connectivity index (χ4v) is 2.88. The Morgan fingerprint density at radius 1 is 1.56 bits per heavy atom. The maximum Gasteiger partial charge on any atom is 0.311 e. The summed E-state index contributed by atoms with van der Waals surface area (Å²) in [5, 5.41) is 17.7. The summed E-state index contributed by atoms with van der Waals surface area (Å²) in [7, 11) is 0. The molecular weight excluding hydrogens is 252 g/mol. The molecule has 5 nitrogen and oxygen atoms in total. The van der Waals surface area contributed by atoms with Crippen LogP contribution in [-0.4, -0.2) is 46.5 Å². The number of carboxylic acid groups (broad SMARTS) is 1. The van der Waals surface area contributed by atoms with Crippen LogP contribution in [0.3, 0.4) is 0 Å². The summed E-state index contributed by atoms with van der Waals surface area (Å²) in [5.41, 5.74) is -0.760. The topological polar surface area (TPSA) is 81.4 Å². The molecule has 1 atom stereocenters. The first-order valence-electron chi connectivity index (χ1n) is 6.01. The van der Waals surface area contributed by atoms with Crippen molar-refractivity contribution in [2.24, 2.45) is 5.41 Å². The molecule has 100 valence electrons. The van der Waals surface area contributed by atoms with Crippen molar-refractivity contribution in [1.29, 1.82) is 5.26 Å². The van der Waals surface area contributed by atoms with Crippen molar-refractivity contribution in [1.82, 2.24) is 4.90 Å². The lowest BCUT2D eigenvalue weighted by atomic mass is 9.83. The zero-order valence-electron chi connectivity index (χ0n) is 10.5. The lowest BCUT2D eigenvalue weighted by Gasteiger charge is -2.24. The third-order valence-corrected chi connectivity index (χ3v) is 4.07. The lowest BCUT2D eigenvalue weighted by Crippen LogP contribution is -2.37. The van der Waals surface area contributed by atoms with Gasteiger partial charge in [0.15, 0.2) is 0 Å². The van der Waals surface area contributed by atoms with Gasteiger partial charge in [0, 0.05) is 13.1 Å². The highest BCUT2D eigenvalue weighted by Crippen LogP contribution is 2.35. The zero-order chi connectivity index (χ0) is 13.6. The van der Waals surface area contributed by atoms with E-state index in [-0.39, 0.29) is 11.7 Å². The third kappa shape index (κ3) is 3.39. The summed E-state index contributed by atoms with van der Waals surface area (Å²) in [4.78, 5) is 24.8. The van der Waals surface area contributed by atoms with Crippen molar-refractivity contribution < 1.29 is 14.7 Å². The molecule has 0 radical (unpaired) electrons. The van der Waals surface area contributed by atoms with Crippen LogP contribution >= 0.6 is 11.8 Å². The highest BCUT2D eigenvalue weighted by molar-refractivity contribution is 8.00. The predicted octanol–water partition coefficient (Wildman–Crippen LogP) is 1.35. The van der Waals surface area contributed by atoms with Crippen molar-refractivity contribution in [2.45, 2.75) is 26.2 Å². The Kier molecular flexibility index (Phi) is 5.48. The van der Waals surface area contributed by atoms with E-state index in [1.54, 1.807) is 4.90 Å². The van der Waals surface area contributed by atoms with Crippen LogP contribution in [0.25, 0.3) is 0 Å². The summed E-state index contributed by atoms with van der Waals surface area (Å²) in [6.07, 6.45) is 1.94. The number of amides is 1. The number of nitrogens with zero attached hydrogens (tertiary/aromatic N) is 2.